The van der Waals surface area contributed by atoms with E-state index in [2.05, 4.69) is 208 Å². The highest BCUT2D eigenvalue weighted by molar-refractivity contribution is 6.23. The molecule has 266 valence electrons. The van der Waals surface area contributed by atoms with Crippen molar-refractivity contribution >= 4 is 64.6 Å². The molecule has 12 rings (SSSR count). The molecule has 0 fully saturated rings. The highest BCUT2D eigenvalue weighted by Gasteiger charge is 2.38. The summed E-state index contributed by atoms with van der Waals surface area (Å²) in [6, 6.07) is 72.6. The van der Waals surface area contributed by atoms with Crippen molar-refractivity contribution < 1.29 is 0 Å². The first kappa shape index (κ1) is 32.2. The van der Waals surface area contributed by atoms with Crippen molar-refractivity contribution in [2.24, 2.45) is 0 Å². The van der Waals surface area contributed by atoms with Gasteiger partial charge in [-0.05, 0) is 138 Å². The van der Waals surface area contributed by atoms with Gasteiger partial charge in [-0.25, -0.2) is 0 Å². The van der Waals surface area contributed by atoms with Crippen LogP contribution in [0.4, 0.5) is 0 Å². The third kappa shape index (κ3) is 4.62. The Morgan fingerprint density at radius 3 is 1.40 bits per heavy atom. The SMILES string of the molecule is CC1(C)c2ccc(-c3cccc(-c4c5ccccc5c(-c5ccc6c(ccc7ccccc76)c5)c5ccccc45)c3)cc2-c2c1c1ccccc1c1ccccc21. The zero-order valence-corrected chi connectivity index (χ0v) is 32.0. The van der Waals surface area contributed by atoms with E-state index in [1.54, 1.807) is 0 Å². The molecule has 1 aliphatic carbocycles. The predicted octanol–water partition coefficient (Wildman–Crippen LogP) is 15.9. The third-order valence-corrected chi connectivity index (χ3v) is 13.0. The summed E-state index contributed by atoms with van der Waals surface area (Å²) < 4.78 is 0. The van der Waals surface area contributed by atoms with Crippen molar-refractivity contribution in [1.82, 2.24) is 0 Å². The van der Waals surface area contributed by atoms with Crippen LogP contribution >= 0.6 is 0 Å². The Hall–Kier alpha value is -7.02. The van der Waals surface area contributed by atoms with Gasteiger partial charge in [-0.3, -0.25) is 0 Å². The number of rotatable bonds is 3. The molecular formula is C57H38. The van der Waals surface area contributed by atoms with E-state index in [1.807, 2.05) is 0 Å². The Labute approximate surface area is 332 Å². The molecule has 0 radical (unpaired) electrons. The van der Waals surface area contributed by atoms with Crippen molar-refractivity contribution in [2.75, 3.05) is 0 Å². The monoisotopic (exact) mass is 722 g/mol. The first-order valence-corrected chi connectivity index (χ1v) is 20.1. The highest BCUT2D eigenvalue weighted by atomic mass is 14.4. The van der Waals surface area contributed by atoms with Gasteiger partial charge in [-0.2, -0.15) is 0 Å². The Balaban J connectivity index is 1.05. The van der Waals surface area contributed by atoms with Crippen LogP contribution in [0, 0.1) is 0 Å². The van der Waals surface area contributed by atoms with Crippen molar-refractivity contribution in [3.05, 3.63) is 205 Å². The molecule has 0 saturated heterocycles. The lowest BCUT2D eigenvalue weighted by molar-refractivity contribution is 0.666. The number of fused-ring (bicyclic) bond motifs is 13. The van der Waals surface area contributed by atoms with Crippen LogP contribution in [0.25, 0.3) is 109 Å². The summed E-state index contributed by atoms with van der Waals surface area (Å²) >= 11 is 0. The van der Waals surface area contributed by atoms with Crippen LogP contribution in [-0.4, -0.2) is 0 Å². The molecule has 0 heterocycles. The van der Waals surface area contributed by atoms with E-state index in [1.165, 1.54) is 120 Å². The molecule has 0 N–H and O–H groups in total. The summed E-state index contributed by atoms with van der Waals surface area (Å²) in [5.74, 6) is 0. The van der Waals surface area contributed by atoms with Crippen LogP contribution in [0.15, 0.2) is 194 Å². The van der Waals surface area contributed by atoms with Crippen LogP contribution in [0.2, 0.25) is 0 Å². The molecule has 11 aromatic rings. The average molecular weight is 723 g/mol. The fraction of sp³-hybridized carbons (Fsp3) is 0.0526. The zero-order valence-electron chi connectivity index (χ0n) is 32.0. The number of benzene rings is 11. The molecule has 0 aliphatic heterocycles. The second-order valence-corrected chi connectivity index (χ2v) is 16.4. The minimum atomic E-state index is -0.118. The van der Waals surface area contributed by atoms with Crippen LogP contribution in [0.1, 0.15) is 25.0 Å². The Kier molecular flexibility index (Phi) is 6.78. The van der Waals surface area contributed by atoms with Gasteiger partial charge in [0.25, 0.3) is 0 Å². The summed E-state index contributed by atoms with van der Waals surface area (Å²) in [4.78, 5) is 0. The van der Waals surface area contributed by atoms with E-state index < -0.39 is 0 Å². The number of hydrogen-bond donors (Lipinski definition) is 0. The van der Waals surface area contributed by atoms with Crippen LogP contribution in [0.5, 0.6) is 0 Å². The fourth-order valence-corrected chi connectivity index (χ4v) is 10.5. The summed E-state index contributed by atoms with van der Waals surface area (Å²) in [5, 5.41) is 15.5. The van der Waals surface area contributed by atoms with Gasteiger partial charge in [0, 0.05) is 5.41 Å². The van der Waals surface area contributed by atoms with Crippen LogP contribution in [0.3, 0.4) is 0 Å². The first-order valence-electron chi connectivity index (χ1n) is 20.1. The van der Waals surface area contributed by atoms with E-state index in [0.29, 0.717) is 0 Å². The smallest absolute Gasteiger partial charge is 0.0165 e. The summed E-state index contributed by atoms with van der Waals surface area (Å²) in [6.07, 6.45) is 0. The maximum Gasteiger partial charge on any atom is 0.0165 e. The van der Waals surface area contributed by atoms with E-state index >= 15 is 0 Å². The van der Waals surface area contributed by atoms with Gasteiger partial charge in [-0.1, -0.05) is 190 Å². The maximum absolute atomic E-state index is 2.46. The topological polar surface area (TPSA) is 0 Å². The van der Waals surface area contributed by atoms with Crippen molar-refractivity contribution in [2.45, 2.75) is 19.3 Å². The lowest BCUT2D eigenvalue weighted by atomic mass is 9.79. The van der Waals surface area contributed by atoms with Gasteiger partial charge in [0.1, 0.15) is 0 Å². The van der Waals surface area contributed by atoms with E-state index in [4.69, 9.17) is 0 Å². The van der Waals surface area contributed by atoms with Gasteiger partial charge in [0.05, 0.1) is 0 Å². The third-order valence-electron chi connectivity index (χ3n) is 13.0. The molecular weight excluding hydrogens is 685 g/mol. The average Bonchev–Trinajstić information content (AvgIpc) is 3.51. The Morgan fingerprint density at radius 1 is 0.281 bits per heavy atom. The second-order valence-electron chi connectivity index (χ2n) is 16.4. The molecule has 0 nitrogen and oxygen atoms in total. The van der Waals surface area contributed by atoms with Gasteiger partial charge in [0.2, 0.25) is 0 Å². The highest BCUT2D eigenvalue weighted by Crippen LogP contribution is 2.55. The van der Waals surface area contributed by atoms with Gasteiger partial charge in [-0.15, -0.1) is 0 Å². The van der Waals surface area contributed by atoms with Crippen molar-refractivity contribution in [3.63, 3.8) is 0 Å². The lowest BCUT2D eigenvalue weighted by Gasteiger charge is -2.24. The predicted molar refractivity (Wildman–Crippen MR) is 245 cm³/mol. The van der Waals surface area contributed by atoms with Gasteiger partial charge < -0.3 is 0 Å². The minimum absolute atomic E-state index is 0.118. The summed E-state index contributed by atoms with van der Waals surface area (Å²) in [6.45, 7) is 4.80. The molecule has 0 aromatic heterocycles. The van der Waals surface area contributed by atoms with Crippen molar-refractivity contribution in [3.8, 4) is 44.5 Å². The first-order chi connectivity index (χ1) is 28.0. The van der Waals surface area contributed by atoms with E-state index in [0.717, 1.165) is 0 Å². The van der Waals surface area contributed by atoms with Gasteiger partial charge >= 0.3 is 0 Å². The fourth-order valence-electron chi connectivity index (χ4n) is 10.5. The Morgan fingerprint density at radius 2 is 0.737 bits per heavy atom. The molecule has 0 atom stereocenters. The van der Waals surface area contributed by atoms with E-state index in [-0.39, 0.29) is 5.41 Å². The Bertz CT molecular complexity index is 3430. The molecule has 1 aliphatic rings. The largest absolute Gasteiger partial charge is 0.0616 e. The molecule has 0 saturated carbocycles. The minimum Gasteiger partial charge on any atom is -0.0616 e. The standard InChI is InChI=1S/C57H38/c1-57(2)52-31-29-37(34-51(52)55-45-20-7-5-18-43(45)44-19-6-12-25-50(44)56(55)57)36-15-13-16-39(32-36)53-46-21-8-10-23-48(46)54(49-24-11-9-22-47(49)53)40-28-30-42-38(33-40)27-26-35-14-3-4-17-41(35)42/h3-34H,1-2H3. The van der Waals surface area contributed by atoms with Crippen LogP contribution in [-0.2, 0) is 5.41 Å². The quantitative estimate of drug-likeness (QED) is 0.126. The molecule has 0 heteroatoms. The van der Waals surface area contributed by atoms with Gasteiger partial charge in [0.15, 0.2) is 0 Å². The molecule has 11 aromatic carbocycles. The molecule has 0 unspecified atom stereocenters. The molecule has 0 spiro atoms. The summed E-state index contributed by atoms with van der Waals surface area (Å²) in [7, 11) is 0. The van der Waals surface area contributed by atoms with Crippen molar-refractivity contribution in [1.29, 1.82) is 0 Å². The maximum atomic E-state index is 2.46. The van der Waals surface area contributed by atoms with E-state index in [9.17, 15) is 0 Å². The normalized spacial score (nSPS) is 13.2. The summed E-state index contributed by atoms with van der Waals surface area (Å²) in [5.41, 5.74) is 13.0. The lowest BCUT2D eigenvalue weighted by Crippen LogP contribution is -2.15. The van der Waals surface area contributed by atoms with Crippen LogP contribution < -0.4 is 0 Å². The zero-order chi connectivity index (χ0) is 37.8. The molecule has 0 amide bonds. The second kappa shape index (κ2) is 12.0. The number of hydrogen-bond acceptors (Lipinski definition) is 0. The molecule has 0 bridgehead atoms. The molecule has 57 heavy (non-hydrogen) atoms.